The summed E-state index contributed by atoms with van der Waals surface area (Å²) in [7, 11) is -4.22. The lowest BCUT2D eigenvalue weighted by molar-refractivity contribution is -0.122. The van der Waals surface area contributed by atoms with E-state index >= 15 is 0 Å². The molecule has 3 heterocycles. The van der Waals surface area contributed by atoms with Crippen molar-refractivity contribution in [3.05, 3.63) is 71.3 Å². The molecule has 1 fully saturated rings. The molecular formula is C24H21ClF4N4O3S. The molecule has 0 saturated carbocycles. The first kappa shape index (κ1) is 27.1. The van der Waals surface area contributed by atoms with Crippen LogP contribution in [0.1, 0.15) is 31.3 Å². The van der Waals surface area contributed by atoms with Gasteiger partial charge in [0.2, 0.25) is 10.0 Å². The minimum atomic E-state index is -4.22. The second kappa shape index (κ2) is 10.4. The quantitative estimate of drug-likeness (QED) is 0.372. The summed E-state index contributed by atoms with van der Waals surface area (Å²) in [6.45, 7) is 0.199. The van der Waals surface area contributed by atoms with Crippen molar-refractivity contribution in [1.82, 2.24) is 19.3 Å². The molecule has 0 aliphatic carbocycles. The highest BCUT2D eigenvalue weighted by Crippen LogP contribution is 2.31. The topological polar surface area (TPSA) is 93.1 Å². The van der Waals surface area contributed by atoms with Crippen LogP contribution in [0.2, 0.25) is 5.02 Å². The second-order valence-corrected chi connectivity index (χ2v) is 11.0. The van der Waals surface area contributed by atoms with Crippen molar-refractivity contribution in [2.24, 2.45) is 0 Å². The minimum Gasteiger partial charge on any atom is -0.298 e. The number of pyridine rings is 1. The van der Waals surface area contributed by atoms with Gasteiger partial charge in [0.15, 0.2) is 11.6 Å². The highest BCUT2D eigenvalue weighted by Gasteiger charge is 2.43. The van der Waals surface area contributed by atoms with Gasteiger partial charge in [-0.25, -0.2) is 27.2 Å². The van der Waals surface area contributed by atoms with Crippen LogP contribution in [0.25, 0.3) is 11.1 Å². The Morgan fingerprint density at radius 3 is 2.41 bits per heavy atom. The summed E-state index contributed by atoms with van der Waals surface area (Å²) in [6.07, 6.45) is 1.87. The van der Waals surface area contributed by atoms with E-state index in [1.807, 2.05) is 0 Å². The zero-order chi connectivity index (χ0) is 27.0. The number of hydrogen-bond acceptors (Lipinski definition) is 6. The van der Waals surface area contributed by atoms with Crippen molar-refractivity contribution in [2.45, 2.75) is 49.2 Å². The standard InChI is InChI=1S/C24H21ClF4N4O3S/c1-24(28,29)23-31-10-14(11-32-23)19-9-17(30-12-20(19)25)4-7-22(34)21-8-16(27)13-33(21)37(35,36)18-5-2-15(26)3-6-18/h2-3,5-6,9-12,16,21H,4,7-8,13H2,1H3/t16-,21+/m1/s1. The van der Waals surface area contributed by atoms with E-state index in [1.165, 1.54) is 18.6 Å². The van der Waals surface area contributed by atoms with Crippen LogP contribution in [0, 0.1) is 5.82 Å². The van der Waals surface area contributed by atoms with Crippen molar-refractivity contribution >= 4 is 27.4 Å². The summed E-state index contributed by atoms with van der Waals surface area (Å²) in [5.41, 5.74) is 1.19. The fourth-order valence-corrected chi connectivity index (χ4v) is 5.87. The largest absolute Gasteiger partial charge is 0.303 e. The van der Waals surface area contributed by atoms with E-state index in [9.17, 15) is 30.8 Å². The molecule has 1 aromatic carbocycles. The fourth-order valence-electron chi connectivity index (χ4n) is 4.01. The first-order chi connectivity index (χ1) is 17.4. The van der Waals surface area contributed by atoms with Crippen molar-refractivity contribution in [1.29, 1.82) is 0 Å². The highest BCUT2D eigenvalue weighted by molar-refractivity contribution is 7.89. The number of nitrogens with zero attached hydrogens (tertiary/aromatic N) is 4. The SMILES string of the molecule is CC(F)(F)c1ncc(-c2cc(CCC(=O)[C@@H]3C[C@@H](F)CN3S(=O)(=O)c3ccc(F)cc3)ncc2Cl)cn1. The number of aromatic nitrogens is 3. The van der Waals surface area contributed by atoms with Crippen LogP contribution >= 0.6 is 11.6 Å². The minimum absolute atomic E-state index is 0.0901. The number of Topliss-reactive ketones (excluding diaryl/α,β-unsaturated/α-hetero) is 1. The lowest BCUT2D eigenvalue weighted by Gasteiger charge is -2.22. The van der Waals surface area contributed by atoms with Crippen LogP contribution < -0.4 is 0 Å². The molecule has 7 nitrogen and oxygen atoms in total. The molecule has 13 heteroatoms. The Hall–Kier alpha value is -2.96. The van der Waals surface area contributed by atoms with Gasteiger partial charge in [0.1, 0.15) is 12.0 Å². The normalized spacial score (nSPS) is 18.8. The number of sulfonamides is 1. The average Bonchev–Trinajstić information content (AvgIpc) is 3.26. The molecule has 1 saturated heterocycles. The molecule has 0 radical (unpaired) electrons. The van der Waals surface area contributed by atoms with Gasteiger partial charge in [0.05, 0.1) is 16.0 Å². The van der Waals surface area contributed by atoms with Crippen molar-refractivity contribution in [3.8, 4) is 11.1 Å². The number of rotatable bonds is 8. The van der Waals surface area contributed by atoms with E-state index < -0.39 is 52.1 Å². The van der Waals surface area contributed by atoms with E-state index in [0.717, 1.165) is 28.6 Å². The summed E-state index contributed by atoms with van der Waals surface area (Å²) < 4.78 is 81.1. The van der Waals surface area contributed by atoms with Gasteiger partial charge in [0.25, 0.3) is 0 Å². The molecule has 37 heavy (non-hydrogen) atoms. The highest BCUT2D eigenvalue weighted by atomic mass is 35.5. The molecule has 1 aliphatic heterocycles. The van der Waals surface area contributed by atoms with Crippen molar-refractivity contribution < 1.29 is 30.8 Å². The third-order valence-corrected chi connectivity index (χ3v) is 8.08. The van der Waals surface area contributed by atoms with E-state index in [-0.39, 0.29) is 29.2 Å². The molecule has 2 atom stereocenters. The summed E-state index contributed by atoms with van der Waals surface area (Å²) in [6, 6.07) is 4.42. The number of carbonyl (C=O) groups excluding carboxylic acids is 1. The smallest absolute Gasteiger partial charge is 0.298 e. The summed E-state index contributed by atoms with van der Waals surface area (Å²) in [5.74, 6) is -4.97. The van der Waals surface area contributed by atoms with Crippen molar-refractivity contribution in [3.63, 3.8) is 0 Å². The number of hydrogen-bond donors (Lipinski definition) is 0. The number of benzene rings is 1. The molecule has 1 aliphatic rings. The van der Waals surface area contributed by atoms with Crippen LogP contribution in [0.15, 0.2) is 53.8 Å². The van der Waals surface area contributed by atoms with E-state index in [0.29, 0.717) is 23.7 Å². The van der Waals surface area contributed by atoms with Gasteiger partial charge in [-0.3, -0.25) is 9.78 Å². The molecule has 0 spiro atoms. The molecule has 4 rings (SSSR count). The van der Waals surface area contributed by atoms with Gasteiger partial charge < -0.3 is 0 Å². The van der Waals surface area contributed by atoms with Crippen LogP contribution in [-0.2, 0) is 27.2 Å². The average molecular weight is 557 g/mol. The molecule has 3 aromatic rings. The van der Waals surface area contributed by atoms with E-state index in [2.05, 4.69) is 15.0 Å². The lowest BCUT2D eigenvalue weighted by atomic mass is 10.0. The molecule has 0 unspecified atom stereocenters. The molecule has 0 amide bonds. The Morgan fingerprint density at radius 2 is 1.78 bits per heavy atom. The van der Waals surface area contributed by atoms with Gasteiger partial charge in [-0.05, 0) is 36.8 Å². The zero-order valence-electron chi connectivity index (χ0n) is 19.4. The first-order valence-electron chi connectivity index (χ1n) is 11.2. The Labute approximate surface area is 215 Å². The summed E-state index contributed by atoms with van der Waals surface area (Å²) >= 11 is 6.21. The Bertz CT molecular complexity index is 1400. The first-order valence-corrected chi connectivity index (χ1v) is 13.0. The Balaban J connectivity index is 1.50. The molecule has 0 bridgehead atoms. The maximum atomic E-state index is 14.2. The maximum absolute atomic E-state index is 14.2. The Kier molecular flexibility index (Phi) is 7.63. The lowest BCUT2D eigenvalue weighted by Crippen LogP contribution is -2.40. The molecule has 196 valence electrons. The second-order valence-electron chi connectivity index (χ2n) is 8.68. The number of aryl methyl sites for hydroxylation is 1. The van der Waals surface area contributed by atoms with Crippen molar-refractivity contribution in [2.75, 3.05) is 6.54 Å². The van der Waals surface area contributed by atoms with Crippen LogP contribution in [0.4, 0.5) is 17.6 Å². The number of alkyl halides is 3. The monoisotopic (exact) mass is 556 g/mol. The van der Waals surface area contributed by atoms with Crippen LogP contribution in [0.3, 0.4) is 0 Å². The van der Waals surface area contributed by atoms with Gasteiger partial charge in [-0.2, -0.15) is 13.1 Å². The number of carbonyl (C=O) groups is 1. The maximum Gasteiger partial charge on any atom is 0.303 e. The predicted octanol–water partition coefficient (Wildman–Crippen LogP) is 4.75. The summed E-state index contributed by atoms with van der Waals surface area (Å²) in [4.78, 5) is 24.3. The fraction of sp³-hybridized carbons (Fsp3) is 0.333. The number of halogens is 5. The molecular weight excluding hydrogens is 536 g/mol. The van der Waals surface area contributed by atoms with Gasteiger partial charge >= 0.3 is 5.92 Å². The van der Waals surface area contributed by atoms with Gasteiger partial charge in [-0.15, -0.1) is 0 Å². The van der Waals surface area contributed by atoms with Gasteiger partial charge in [0, 0.05) is 61.7 Å². The third-order valence-electron chi connectivity index (χ3n) is 5.89. The van der Waals surface area contributed by atoms with Gasteiger partial charge in [-0.1, -0.05) is 11.6 Å². The van der Waals surface area contributed by atoms with E-state index in [4.69, 9.17) is 11.6 Å². The summed E-state index contributed by atoms with van der Waals surface area (Å²) in [5, 5.41) is 0.210. The number of ketones is 1. The van der Waals surface area contributed by atoms with Crippen LogP contribution in [-0.4, -0.2) is 52.2 Å². The predicted molar refractivity (Wildman–Crippen MR) is 127 cm³/mol. The van der Waals surface area contributed by atoms with Crippen LogP contribution in [0.5, 0.6) is 0 Å². The molecule has 2 aromatic heterocycles. The molecule has 0 N–H and O–H groups in total. The zero-order valence-corrected chi connectivity index (χ0v) is 21.0. The Morgan fingerprint density at radius 1 is 1.14 bits per heavy atom. The van der Waals surface area contributed by atoms with E-state index in [1.54, 1.807) is 6.07 Å². The third kappa shape index (κ3) is 5.97.